The summed E-state index contributed by atoms with van der Waals surface area (Å²) in [4.78, 5) is 0. The molecule has 0 unspecified atom stereocenters. The minimum atomic E-state index is 0.528. The van der Waals surface area contributed by atoms with Crippen LogP contribution in [0.15, 0.2) is 29.4 Å². The standard InChI is InChI=1S/C14H21N3S/c1-4-5-9-12(3)16-17-14(18)15-13-10-7-6-8-11(13)2/h6-8,10H,4-5,9H2,1-3H3,(H2,15,17,18)/b16-12-. The Bertz CT molecular complexity index is 427. The molecule has 0 saturated carbocycles. The summed E-state index contributed by atoms with van der Waals surface area (Å²) < 4.78 is 0. The highest BCUT2D eigenvalue weighted by molar-refractivity contribution is 7.80. The highest BCUT2D eigenvalue weighted by atomic mass is 32.1. The number of hydrogen-bond acceptors (Lipinski definition) is 2. The second kappa shape index (κ2) is 7.82. The largest absolute Gasteiger partial charge is 0.331 e. The predicted molar refractivity (Wildman–Crippen MR) is 83.2 cm³/mol. The van der Waals surface area contributed by atoms with Crippen LogP contribution in [-0.4, -0.2) is 10.8 Å². The van der Waals surface area contributed by atoms with Gasteiger partial charge in [0.25, 0.3) is 0 Å². The average molecular weight is 263 g/mol. The van der Waals surface area contributed by atoms with Gasteiger partial charge in [-0.3, -0.25) is 5.43 Å². The van der Waals surface area contributed by atoms with Gasteiger partial charge in [-0.25, -0.2) is 0 Å². The number of para-hydroxylation sites is 1. The van der Waals surface area contributed by atoms with Gasteiger partial charge in [0.2, 0.25) is 0 Å². The molecule has 0 aliphatic heterocycles. The van der Waals surface area contributed by atoms with E-state index >= 15 is 0 Å². The molecule has 98 valence electrons. The molecule has 0 aliphatic carbocycles. The molecule has 0 aliphatic rings. The molecule has 0 heterocycles. The predicted octanol–water partition coefficient (Wildman–Crippen LogP) is 3.85. The van der Waals surface area contributed by atoms with E-state index in [1.807, 2.05) is 38.1 Å². The van der Waals surface area contributed by atoms with Crippen LogP contribution >= 0.6 is 12.2 Å². The molecular formula is C14H21N3S. The fourth-order valence-electron chi connectivity index (χ4n) is 1.50. The third kappa shape index (κ3) is 5.27. The number of anilines is 1. The van der Waals surface area contributed by atoms with Crippen molar-refractivity contribution in [2.75, 3.05) is 5.32 Å². The van der Waals surface area contributed by atoms with Crippen LogP contribution < -0.4 is 10.7 Å². The molecule has 3 nitrogen and oxygen atoms in total. The lowest BCUT2D eigenvalue weighted by Crippen LogP contribution is -2.25. The van der Waals surface area contributed by atoms with Crippen molar-refractivity contribution in [3.63, 3.8) is 0 Å². The van der Waals surface area contributed by atoms with E-state index < -0.39 is 0 Å². The maximum absolute atomic E-state index is 5.20. The van der Waals surface area contributed by atoms with Crippen LogP contribution in [0, 0.1) is 6.92 Å². The molecule has 1 rings (SSSR count). The molecule has 0 atom stereocenters. The van der Waals surface area contributed by atoms with Crippen molar-refractivity contribution >= 4 is 28.7 Å². The molecule has 0 radical (unpaired) electrons. The summed E-state index contributed by atoms with van der Waals surface area (Å²) in [6.45, 7) is 6.23. The number of hydrogen-bond donors (Lipinski definition) is 2. The van der Waals surface area contributed by atoms with Gasteiger partial charge < -0.3 is 5.32 Å². The van der Waals surface area contributed by atoms with Crippen molar-refractivity contribution in [1.29, 1.82) is 0 Å². The lowest BCUT2D eigenvalue weighted by atomic mass is 10.2. The molecule has 18 heavy (non-hydrogen) atoms. The molecule has 0 saturated heterocycles. The van der Waals surface area contributed by atoms with Crippen molar-refractivity contribution < 1.29 is 0 Å². The minimum Gasteiger partial charge on any atom is -0.331 e. The Morgan fingerprint density at radius 3 is 2.72 bits per heavy atom. The van der Waals surface area contributed by atoms with E-state index in [-0.39, 0.29) is 0 Å². The number of hydrazone groups is 1. The van der Waals surface area contributed by atoms with E-state index in [0.717, 1.165) is 29.8 Å². The highest BCUT2D eigenvalue weighted by Crippen LogP contribution is 2.12. The van der Waals surface area contributed by atoms with Crippen molar-refractivity contribution in [1.82, 2.24) is 5.43 Å². The summed E-state index contributed by atoms with van der Waals surface area (Å²) in [7, 11) is 0. The van der Waals surface area contributed by atoms with Gasteiger partial charge in [0.15, 0.2) is 5.11 Å². The summed E-state index contributed by atoms with van der Waals surface area (Å²) in [6.07, 6.45) is 3.35. The first-order chi connectivity index (χ1) is 8.63. The summed E-state index contributed by atoms with van der Waals surface area (Å²) in [5, 5.41) is 7.91. The highest BCUT2D eigenvalue weighted by Gasteiger charge is 1.99. The Morgan fingerprint density at radius 2 is 2.06 bits per heavy atom. The van der Waals surface area contributed by atoms with Gasteiger partial charge in [-0.2, -0.15) is 5.10 Å². The molecule has 0 fully saturated rings. The summed E-state index contributed by atoms with van der Waals surface area (Å²) in [5.41, 5.74) is 6.12. The van der Waals surface area contributed by atoms with Crippen molar-refractivity contribution in [3.05, 3.63) is 29.8 Å². The number of nitrogens with zero attached hydrogens (tertiary/aromatic N) is 1. The number of rotatable bonds is 5. The van der Waals surface area contributed by atoms with Gasteiger partial charge in [-0.15, -0.1) is 0 Å². The Hall–Kier alpha value is -1.42. The molecule has 1 aromatic rings. The molecule has 0 spiro atoms. The maximum atomic E-state index is 5.20. The Labute approximate surface area is 115 Å². The lowest BCUT2D eigenvalue weighted by molar-refractivity contribution is 0.825. The average Bonchev–Trinajstić information content (AvgIpc) is 2.36. The Kier molecular flexibility index (Phi) is 6.36. The smallest absolute Gasteiger partial charge is 0.191 e. The van der Waals surface area contributed by atoms with E-state index in [1.165, 1.54) is 6.42 Å². The second-order valence-electron chi connectivity index (χ2n) is 4.33. The van der Waals surface area contributed by atoms with Gasteiger partial charge in [0, 0.05) is 11.4 Å². The SMILES string of the molecule is CCCC/C(C)=N\NC(=S)Nc1ccccc1C. The Morgan fingerprint density at radius 1 is 1.33 bits per heavy atom. The van der Waals surface area contributed by atoms with E-state index in [4.69, 9.17) is 12.2 Å². The molecule has 0 bridgehead atoms. The zero-order valence-electron chi connectivity index (χ0n) is 11.3. The molecule has 4 heteroatoms. The third-order valence-corrected chi connectivity index (χ3v) is 2.83. The van der Waals surface area contributed by atoms with E-state index in [0.29, 0.717) is 5.11 Å². The monoisotopic (exact) mass is 263 g/mol. The zero-order valence-corrected chi connectivity index (χ0v) is 12.1. The fourth-order valence-corrected chi connectivity index (χ4v) is 1.65. The Balaban J connectivity index is 2.45. The quantitative estimate of drug-likeness (QED) is 0.481. The van der Waals surface area contributed by atoms with Crippen LogP contribution in [0.4, 0.5) is 5.69 Å². The van der Waals surface area contributed by atoms with Gasteiger partial charge in [0.1, 0.15) is 0 Å². The molecule has 2 N–H and O–H groups in total. The summed E-state index contributed by atoms with van der Waals surface area (Å²) >= 11 is 5.20. The number of aryl methyl sites for hydroxylation is 1. The van der Waals surface area contributed by atoms with Crippen LogP contribution in [0.2, 0.25) is 0 Å². The van der Waals surface area contributed by atoms with Crippen LogP contribution in [0.3, 0.4) is 0 Å². The van der Waals surface area contributed by atoms with Gasteiger partial charge >= 0.3 is 0 Å². The third-order valence-electron chi connectivity index (χ3n) is 2.63. The van der Waals surface area contributed by atoms with Crippen LogP contribution in [0.5, 0.6) is 0 Å². The lowest BCUT2D eigenvalue weighted by Gasteiger charge is -2.10. The van der Waals surface area contributed by atoms with Crippen molar-refractivity contribution in [3.8, 4) is 0 Å². The number of unbranched alkanes of at least 4 members (excludes halogenated alkanes) is 1. The van der Waals surface area contributed by atoms with Crippen molar-refractivity contribution in [2.45, 2.75) is 40.0 Å². The summed E-state index contributed by atoms with van der Waals surface area (Å²) in [6, 6.07) is 8.02. The first-order valence-corrected chi connectivity index (χ1v) is 6.70. The van der Waals surface area contributed by atoms with Gasteiger partial charge in [-0.05, 0) is 50.5 Å². The molecular weight excluding hydrogens is 242 g/mol. The number of nitrogens with one attached hydrogen (secondary N) is 2. The fraction of sp³-hybridized carbons (Fsp3) is 0.429. The van der Waals surface area contributed by atoms with Gasteiger partial charge in [0.05, 0.1) is 0 Å². The first kappa shape index (κ1) is 14.6. The molecule has 0 aromatic heterocycles. The van der Waals surface area contributed by atoms with Crippen LogP contribution in [0.1, 0.15) is 38.7 Å². The van der Waals surface area contributed by atoms with E-state index in [2.05, 4.69) is 22.8 Å². The molecule has 0 amide bonds. The van der Waals surface area contributed by atoms with Crippen LogP contribution in [0.25, 0.3) is 0 Å². The first-order valence-electron chi connectivity index (χ1n) is 6.29. The topological polar surface area (TPSA) is 36.4 Å². The number of benzene rings is 1. The maximum Gasteiger partial charge on any atom is 0.191 e. The van der Waals surface area contributed by atoms with Gasteiger partial charge in [-0.1, -0.05) is 31.5 Å². The van der Waals surface area contributed by atoms with E-state index in [1.54, 1.807) is 0 Å². The van der Waals surface area contributed by atoms with Crippen molar-refractivity contribution in [2.24, 2.45) is 5.10 Å². The number of thiocarbonyl (C=S) groups is 1. The summed E-state index contributed by atoms with van der Waals surface area (Å²) in [5.74, 6) is 0. The molecule has 1 aromatic carbocycles. The normalized spacial score (nSPS) is 11.2. The zero-order chi connectivity index (χ0) is 13.4. The van der Waals surface area contributed by atoms with Crippen LogP contribution in [-0.2, 0) is 0 Å². The second-order valence-corrected chi connectivity index (χ2v) is 4.74. The minimum absolute atomic E-state index is 0.528. The van der Waals surface area contributed by atoms with E-state index in [9.17, 15) is 0 Å².